The third kappa shape index (κ3) is 2.49. The zero-order valence-electron chi connectivity index (χ0n) is 11.9. The van der Waals surface area contributed by atoms with Crippen LogP contribution in [0.25, 0.3) is 0 Å². The molecule has 2 bridgehead atoms. The Labute approximate surface area is 124 Å². The van der Waals surface area contributed by atoms with Crippen LogP contribution in [-0.4, -0.2) is 36.4 Å². The molecule has 2 fully saturated rings. The van der Waals surface area contributed by atoms with Crippen molar-refractivity contribution in [1.82, 2.24) is 0 Å². The molecule has 0 amide bonds. The number of hydrogen-bond acceptors (Lipinski definition) is 4. The molecule has 2 saturated heterocycles. The number of rotatable bonds is 4. The Balaban J connectivity index is 1.57. The minimum absolute atomic E-state index is 0.156. The van der Waals surface area contributed by atoms with Gasteiger partial charge in [0.2, 0.25) is 0 Å². The largest absolute Gasteiger partial charge is 0.461 e. The molecule has 0 radical (unpaired) electrons. The SMILES string of the molecule is B[C@@H]1O[C@@]2(CC(=O)OCc3ccccc3)CS[C@H]1C2C. The van der Waals surface area contributed by atoms with E-state index < -0.39 is 0 Å². The van der Waals surface area contributed by atoms with E-state index in [9.17, 15) is 4.79 Å². The molecule has 1 aromatic rings. The maximum atomic E-state index is 12.1. The van der Waals surface area contributed by atoms with Crippen LogP contribution in [0.15, 0.2) is 30.3 Å². The molecule has 3 rings (SSSR count). The number of hydrogen-bond donors (Lipinski definition) is 0. The third-order valence-corrected chi connectivity index (χ3v) is 6.24. The molecule has 3 nitrogen and oxygen atoms in total. The standard InChI is InChI=1S/C15H19BO3S/c1-10-13-14(16)19-15(10,9-20-13)7-12(17)18-8-11-5-3-2-4-6-11/h2-6,10,13-14H,7-9,16H2,1H3/t10?,13-,14+,15-/m0/s1. The van der Waals surface area contributed by atoms with Crippen LogP contribution in [0.2, 0.25) is 0 Å². The first kappa shape index (κ1) is 14.0. The summed E-state index contributed by atoms with van der Waals surface area (Å²) in [7, 11) is 2.10. The van der Waals surface area contributed by atoms with Crippen LogP contribution in [-0.2, 0) is 20.9 Å². The lowest BCUT2D eigenvalue weighted by molar-refractivity contribution is -0.151. The summed E-state index contributed by atoms with van der Waals surface area (Å²) in [5, 5.41) is 0.525. The Morgan fingerprint density at radius 1 is 1.50 bits per heavy atom. The average molecular weight is 290 g/mol. The topological polar surface area (TPSA) is 35.5 Å². The average Bonchev–Trinajstić information content (AvgIpc) is 2.86. The lowest BCUT2D eigenvalue weighted by Gasteiger charge is -2.29. The van der Waals surface area contributed by atoms with E-state index in [0.717, 1.165) is 11.3 Å². The summed E-state index contributed by atoms with van der Waals surface area (Å²) in [6.07, 6.45) is 0.370. The van der Waals surface area contributed by atoms with E-state index in [1.54, 1.807) is 0 Å². The molecule has 20 heavy (non-hydrogen) atoms. The Morgan fingerprint density at radius 3 is 2.85 bits per heavy atom. The number of thioether (sulfide) groups is 1. The normalized spacial score (nSPS) is 35.1. The fourth-order valence-corrected chi connectivity index (χ4v) is 4.99. The lowest BCUT2D eigenvalue weighted by atomic mass is 9.84. The van der Waals surface area contributed by atoms with Crippen molar-refractivity contribution in [3.63, 3.8) is 0 Å². The molecule has 0 spiro atoms. The van der Waals surface area contributed by atoms with Crippen LogP contribution in [0, 0.1) is 5.92 Å². The van der Waals surface area contributed by atoms with Gasteiger partial charge < -0.3 is 9.47 Å². The maximum absolute atomic E-state index is 12.1. The highest BCUT2D eigenvalue weighted by atomic mass is 32.2. The number of ether oxygens (including phenoxy) is 2. The van der Waals surface area contributed by atoms with Gasteiger partial charge in [0.05, 0.1) is 12.0 Å². The fourth-order valence-electron chi connectivity index (χ4n) is 3.22. The quantitative estimate of drug-likeness (QED) is 0.623. The summed E-state index contributed by atoms with van der Waals surface area (Å²) in [6, 6.07) is 10.0. The Hall–Kier alpha value is -0.935. The Morgan fingerprint density at radius 2 is 2.25 bits per heavy atom. The van der Waals surface area contributed by atoms with Crippen molar-refractivity contribution in [1.29, 1.82) is 0 Å². The number of esters is 1. The highest BCUT2D eigenvalue weighted by molar-refractivity contribution is 8.00. The summed E-state index contributed by atoms with van der Waals surface area (Å²) < 4.78 is 11.5. The van der Waals surface area contributed by atoms with Crippen molar-refractivity contribution in [2.24, 2.45) is 5.92 Å². The zero-order chi connectivity index (χ0) is 14.2. The van der Waals surface area contributed by atoms with Crippen molar-refractivity contribution in [2.45, 2.75) is 36.8 Å². The first-order valence-corrected chi connectivity index (χ1v) is 8.14. The highest BCUT2D eigenvalue weighted by Crippen LogP contribution is 2.52. The van der Waals surface area contributed by atoms with Crippen LogP contribution in [0.4, 0.5) is 0 Å². The van der Waals surface area contributed by atoms with Crippen LogP contribution in [0.5, 0.6) is 0 Å². The van der Waals surface area contributed by atoms with Crippen molar-refractivity contribution in [3.8, 4) is 0 Å². The maximum Gasteiger partial charge on any atom is 0.309 e. The van der Waals surface area contributed by atoms with Gasteiger partial charge in [0.25, 0.3) is 0 Å². The van der Waals surface area contributed by atoms with E-state index in [0.29, 0.717) is 24.2 Å². The van der Waals surface area contributed by atoms with Crippen molar-refractivity contribution < 1.29 is 14.3 Å². The van der Waals surface area contributed by atoms with Crippen molar-refractivity contribution in [2.75, 3.05) is 5.75 Å². The number of carbonyl (C=O) groups is 1. The van der Waals surface area contributed by atoms with Crippen LogP contribution in [0.1, 0.15) is 18.9 Å². The van der Waals surface area contributed by atoms with E-state index in [2.05, 4.69) is 14.8 Å². The van der Waals surface area contributed by atoms with Crippen molar-refractivity contribution in [3.05, 3.63) is 35.9 Å². The lowest BCUT2D eigenvalue weighted by Crippen LogP contribution is -2.39. The summed E-state index contributed by atoms with van der Waals surface area (Å²) in [6.45, 7) is 2.54. The van der Waals surface area contributed by atoms with Crippen LogP contribution < -0.4 is 0 Å². The Kier molecular flexibility index (Phi) is 3.82. The minimum atomic E-state index is -0.303. The van der Waals surface area contributed by atoms with Gasteiger partial charge in [0.1, 0.15) is 14.5 Å². The molecule has 4 atom stereocenters. The molecule has 1 aromatic carbocycles. The van der Waals surface area contributed by atoms with E-state index in [1.165, 1.54) is 0 Å². The van der Waals surface area contributed by atoms with Gasteiger partial charge >= 0.3 is 5.97 Å². The van der Waals surface area contributed by atoms with E-state index >= 15 is 0 Å². The van der Waals surface area contributed by atoms with Gasteiger partial charge in [-0.2, -0.15) is 11.8 Å². The summed E-state index contributed by atoms with van der Waals surface area (Å²) in [5.41, 5.74) is 0.716. The van der Waals surface area contributed by atoms with Gasteiger partial charge in [-0.1, -0.05) is 37.3 Å². The highest BCUT2D eigenvalue weighted by Gasteiger charge is 2.57. The molecule has 0 N–H and O–H groups in total. The van der Waals surface area contributed by atoms with Gasteiger partial charge in [-0.25, -0.2) is 0 Å². The van der Waals surface area contributed by atoms with Gasteiger partial charge in [-0.15, -0.1) is 0 Å². The van der Waals surface area contributed by atoms with Gasteiger partial charge in [0.15, 0.2) is 0 Å². The first-order chi connectivity index (χ1) is 9.61. The summed E-state index contributed by atoms with van der Waals surface area (Å²) >= 11 is 1.93. The molecule has 0 aromatic heterocycles. The monoisotopic (exact) mass is 290 g/mol. The third-order valence-electron chi connectivity index (χ3n) is 4.41. The molecule has 106 valence electrons. The molecular formula is C15H19BO3S. The Bertz CT molecular complexity index is 495. The second-order valence-corrected chi connectivity index (χ2v) is 6.94. The van der Waals surface area contributed by atoms with Gasteiger partial charge in [-0.05, 0) is 5.56 Å². The second-order valence-electron chi connectivity index (χ2n) is 5.78. The van der Waals surface area contributed by atoms with Gasteiger partial charge in [0, 0.05) is 22.9 Å². The minimum Gasteiger partial charge on any atom is -0.461 e. The van der Waals surface area contributed by atoms with Crippen LogP contribution in [0.3, 0.4) is 0 Å². The van der Waals surface area contributed by atoms with Gasteiger partial charge in [-0.3, -0.25) is 4.79 Å². The van der Waals surface area contributed by atoms with Crippen LogP contribution >= 0.6 is 11.8 Å². The van der Waals surface area contributed by atoms with E-state index in [-0.39, 0.29) is 17.6 Å². The molecule has 5 heteroatoms. The molecule has 0 aliphatic carbocycles. The van der Waals surface area contributed by atoms with E-state index in [1.807, 2.05) is 42.1 Å². The molecule has 2 aliphatic heterocycles. The fraction of sp³-hybridized carbons (Fsp3) is 0.533. The number of carbonyl (C=O) groups excluding carboxylic acids is 1. The first-order valence-electron chi connectivity index (χ1n) is 7.10. The summed E-state index contributed by atoms with van der Waals surface area (Å²) in [4.78, 5) is 12.1. The zero-order valence-corrected chi connectivity index (χ0v) is 12.7. The van der Waals surface area contributed by atoms with Crippen molar-refractivity contribution >= 4 is 25.6 Å². The smallest absolute Gasteiger partial charge is 0.309 e. The number of benzene rings is 1. The molecule has 0 saturated carbocycles. The predicted octanol–water partition coefficient (Wildman–Crippen LogP) is 1.60. The number of fused-ring (bicyclic) bond motifs is 2. The molecular weight excluding hydrogens is 271 g/mol. The summed E-state index contributed by atoms with van der Waals surface area (Å²) in [5.74, 6) is 1.17. The molecule has 2 aliphatic rings. The van der Waals surface area contributed by atoms with E-state index in [4.69, 9.17) is 9.47 Å². The second kappa shape index (κ2) is 5.45. The molecule has 2 heterocycles. The molecule has 1 unspecified atom stereocenters. The predicted molar refractivity (Wildman–Crippen MR) is 82.4 cm³/mol.